The molecule has 4 aromatic rings. The zero-order valence-corrected chi connectivity index (χ0v) is 25.8. The van der Waals surface area contributed by atoms with Crippen molar-refractivity contribution < 1.29 is 19.4 Å². The predicted octanol–water partition coefficient (Wildman–Crippen LogP) is 3.27. The first kappa shape index (κ1) is 31.9. The molecule has 1 saturated heterocycles. The molecule has 3 aromatic heterocycles. The molecule has 13 heteroatoms. The third-order valence-electron chi connectivity index (χ3n) is 7.46. The predicted molar refractivity (Wildman–Crippen MR) is 171 cm³/mol. The molecular weight excluding hydrogens is 596 g/mol. The van der Waals surface area contributed by atoms with Crippen LogP contribution >= 0.6 is 11.6 Å². The fraction of sp³-hybridized carbons (Fsp3) is 0.312. The molecule has 1 aliphatic rings. The summed E-state index contributed by atoms with van der Waals surface area (Å²) >= 11 is 6.95. The maximum absolute atomic E-state index is 13.0. The highest BCUT2D eigenvalue weighted by molar-refractivity contribution is 6.35. The topological polar surface area (TPSA) is 163 Å². The van der Waals surface area contributed by atoms with Crippen LogP contribution in [-0.4, -0.2) is 69.7 Å². The lowest BCUT2D eigenvalue weighted by Crippen LogP contribution is -2.35. The van der Waals surface area contributed by atoms with E-state index in [-0.39, 0.29) is 24.2 Å². The van der Waals surface area contributed by atoms with E-state index in [0.717, 1.165) is 23.1 Å². The van der Waals surface area contributed by atoms with Gasteiger partial charge in [-0.05, 0) is 37.1 Å². The van der Waals surface area contributed by atoms with Crippen molar-refractivity contribution in [1.82, 2.24) is 35.9 Å². The summed E-state index contributed by atoms with van der Waals surface area (Å²) in [5, 5.41) is 21.6. The summed E-state index contributed by atoms with van der Waals surface area (Å²) in [4.78, 5) is 42.3. The second kappa shape index (κ2) is 15.0. The van der Waals surface area contributed by atoms with Gasteiger partial charge in [0.1, 0.15) is 5.69 Å². The van der Waals surface area contributed by atoms with Gasteiger partial charge in [-0.3, -0.25) is 19.6 Å². The molecule has 0 aliphatic carbocycles. The molecule has 1 aromatic carbocycles. The van der Waals surface area contributed by atoms with Crippen molar-refractivity contribution in [3.05, 3.63) is 82.5 Å². The van der Waals surface area contributed by atoms with E-state index in [1.165, 1.54) is 12.4 Å². The number of carbonyl (C=O) groups is 2. The molecule has 5 rings (SSSR count). The van der Waals surface area contributed by atoms with Gasteiger partial charge in [0.15, 0.2) is 0 Å². The Bertz CT molecular complexity index is 1670. The average Bonchev–Trinajstić information content (AvgIpc) is 3.47. The molecule has 0 saturated carbocycles. The Hall–Kier alpha value is -4.49. The van der Waals surface area contributed by atoms with Gasteiger partial charge < -0.3 is 31.1 Å². The van der Waals surface area contributed by atoms with Crippen LogP contribution in [0.1, 0.15) is 40.2 Å². The lowest BCUT2D eigenvalue weighted by atomic mass is 10.0. The molecule has 1 fully saturated rings. The number of methoxy groups -OCH3 is 1. The first-order valence-corrected chi connectivity index (χ1v) is 15.0. The van der Waals surface area contributed by atoms with Crippen molar-refractivity contribution in [2.75, 3.05) is 32.1 Å². The smallest absolute Gasteiger partial charge is 0.275 e. The number of aliphatic hydroxyl groups is 1. The molecule has 45 heavy (non-hydrogen) atoms. The first-order chi connectivity index (χ1) is 21.9. The van der Waals surface area contributed by atoms with Gasteiger partial charge in [-0.1, -0.05) is 29.8 Å². The van der Waals surface area contributed by atoms with E-state index in [9.17, 15) is 9.59 Å². The van der Waals surface area contributed by atoms with Crippen molar-refractivity contribution in [2.24, 2.45) is 0 Å². The van der Waals surface area contributed by atoms with Gasteiger partial charge in [0.05, 0.1) is 48.2 Å². The molecular formula is C32H35ClN8O4. The van der Waals surface area contributed by atoms with Crippen LogP contribution in [0.5, 0.6) is 5.88 Å². The van der Waals surface area contributed by atoms with Crippen LogP contribution < -0.4 is 26.0 Å². The van der Waals surface area contributed by atoms with Crippen molar-refractivity contribution in [2.45, 2.75) is 38.9 Å². The third-order valence-corrected chi connectivity index (χ3v) is 7.84. The number of anilines is 1. The first-order valence-electron chi connectivity index (χ1n) is 14.6. The lowest BCUT2D eigenvalue weighted by Gasteiger charge is -2.16. The van der Waals surface area contributed by atoms with Gasteiger partial charge in [0.2, 0.25) is 11.8 Å². The Morgan fingerprint density at radius 3 is 2.69 bits per heavy atom. The standard InChI is InChI=1S/C32H35ClN8O4/c1-19-23(4-3-5-25(19)40-31(44)27-18-37-22(17-38-27)16-34-12-13-42)30-29(33)24(10-11-36-30)26-8-6-20(32(41-26)45-2)14-35-15-21-7-9-28(43)39-21/h3-6,8,10-11,17-18,21,34-35,42H,7,9,12-16H2,1-2H3,(H,39,43)(H,40,44)/t21-/m1/s1. The second-order valence-corrected chi connectivity index (χ2v) is 10.9. The average molecular weight is 631 g/mol. The summed E-state index contributed by atoms with van der Waals surface area (Å²) in [6.45, 7) is 4.00. The number of nitrogens with one attached hydrogen (secondary N) is 4. The number of ether oxygens (including phenoxy) is 1. The number of rotatable bonds is 13. The van der Waals surface area contributed by atoms with Gasteiger partial charge >= 0.3 is 0 Å². The van der Waals surface area contributed by atoms with E-state index in [0.29, 0.717) is 71.8 Å². The highest BCUT2D eigenvalue weighted by atomic mass is 35.5. The van der Waals surface area contributed by atoms with Crippen molar-refractivity contribution in [3.8, 4) is 28.4 Å². The van der Waals surface area contributed by atoms with E-state index in [4.69, 9.17) is 26.4 Å². The molecule has 0 unspecified atom stereocenters. The molecule has 1 aliphatic heterocycles. The number of benzene rings is 1. The molecule has 1 atom stereocenters. The Morgan fingerprint density at radius 1 is 1.09 bits per heavy atom. The van der Waals surface area contributed by atoms with Gasteiger partial charge in [-0.25, -0.2) is 9.97 Å². The number of hydrogen-bond donors (Lipinski definition) is 5. The number of aromatic nitrogens is 4. The highest BCUT2D eigenvalue weighted by Crippen LogP contribution is 2.38. The van der Waals surface area contributed by atoms with Crippen molar-refractivity contribution >= 4 is 29.1 Å². The molecule has 4 heterocycles. The van der Waals surface area contributed by atoms with Crippen LogP contribution in [0.2, 0.25) is 5.02 Å². The van der Waals surface area contributed by atoms with Gasteiger partial charge in [-0.15, -0.1) is 0 Å². The third kappa shape index (κ3) is 7.78. The van der Waals surface area contributed by atoms with Crippen LogP contribution in [0.15, 0.2) is 55.0 Å². The van der Waals surface area contributed by atoms with Crippen molar-refractivity contribution in [1.29, 1.82) is 0 Å². The van der Waals surface area contributed by atoms with E-state index in [2.05, 4.69) is 36.2 Å². The Balaban J connectivity index is 1.32. The minimum Gasteiger partial charge on any atom is -0.481 e. The summed E-state index contributed by atoms with van der Waals surface area (Å²) in [7, 11) is 1.58. The van der Waals surface area contributed by atoms with Crippen LogP contribution in [0, 0.1) is 6.92 Å². The maximum atomic E-state index is 13.0. The molecule has 0 spiro atoms. The van der Waals surface area contributed by atoms with Gasteiger partial charge in [0, 0.05) is 67.2 Å². The number of amides is 2. The number of hydrogen-bond acceptors (Lipinski definition) is 10. The number of halogens is 1. The van der Waals surface area contributed by atoms with E-state index in [1.807, 2.05) is 31.2 Å². The van der Waals surface area contributed by atoms with Crippen molar-refractivity contribution in [3.63, 3.8) is 0 Å². The van der Waals surface area contributed by atoms with E-state index >= 15 is 0 Å². The number of nitrogens with zero attached hydrogens (tertiary/aromatic N) is 4. The lowest BCUT2D eigenvalue weighted by molar-refractivity contribution is -0.119. The van der Waals surface area contributed by atoms with Crippen LogP contribution in [0.3, 0.4) is 0 Å². The summed E-state index contributed by atoms with van der Waals surface area (Å²) in [5.74, 6) is 0.166. The summed E-state index contributed by atoms with van der Waals surface area (Å²) < 4.78 is 5.60. The fourth-order valence-corrected chi connectivity index (χ4v) is 5.35. The Morgan fingerprint density at radius 2 is 1.96 bits per heavy atom. The molecule has 5 N–H and O–H groups in total. The largest absolute Gasteiger partial charge is 0.481 e. The number of pyridine rings is 2. The molecule has 2 amide bonds. The SMILES string of the molecule is COc1nc(-c2ccnc(-c3cccc(NC(=O)c4cnc(CNCCO)cn4)c3C)c2Cl)ccc1CNC[C@H]1CCC(=O)N1. The van der Waals surface area contributed by atoms with Crippen LogP contribution in [0.4, 0.5) is 5.69 Å². The fourth-order valence-electron chi connectivity index (χ4n) is 5.04. The molecule has 0 radical (unpaired) electrons. The monoisotopic (exact) mass is 630 g/mol. The second-order valence-electron chi connectivity index (χ2n) is 10.5. The minimum atomic E-state index is -0.399. The number of aliphatic hydroxyl groups excluding tert-OH is 1. The highest BCUT2D eigenvalue weighted by Gasteiger charge is 2.21. The summed E-state index contributed by atoms with van der Waals surface area (Å²) in [5.41, 5.74) is 5.70. The van der Waals surface area contributed by atoms with E-state index in [1.54, 1.807) is 25.4 Å². The minimum absolute atomic E-state index is 0.0266. The van der Waals surface area contributed by atoms with Crippen LogP contribution in [0.25, 0.3) is 22.5 Å². The summed E-state index contributed by atoms with van der Waals surface area (Å²) in [6.07, 6.45) is 6.01. The maximum Gasteiger partial charge on any atom is 0.275 e. The Kier molecular flexibility index (Phi) is 10.6. The van der Waals surface area contributed by atoms with Crippen LogP contribution in [-0.2, 0) is 17.9 Å². The van der Waals surface area contributed by atoms with Gasteiger partial charge in [0.25, 0.3) is 5.91 Å². The van der Waals surface area contributed by atoms with E-state index < -0.39 is 5.91 Å². The Labute approximate surface area is 266 Å². The zero-order chi connectivity index (χ0) is 31.8. The normalized spacial score (nSPS) is 14.3. The molecule has 0 bridgehead atoms. The molecule has 12 nitrogen and oxygen atoms in total. The zero-order valence-electron chi connectivity index (χ0n) is 25.1. The molecule has 234 valence electrons. The summed E-state index contributed by atoms with van der Waals surface area (Å²) in [6, 6.07) is 11.3. The number of carbonyl (C=O) groups excluding carboxylic acids is 2. The quantitative estimate of drug-likeness (QED) is 0.139. The van der Waals surface area contributed by atoms with Gasteiger partial charge in [-0.2, -0.15) is 0 Å².